The van der Waals surface area contributed by atoms with Gasteiger partial charge in [-0.3, -0.25) is 9.69 Å². The molecular formula is C34H38F5N3O3. The van der Waals surface area contributed by atoms with Crippen LogP contribution in [-0.2, 0) is 16.1 Å². The number of hydrogen-bond acceptors (Lipinski definition) is 6. The number of piperidine rings is 2. The van der Waals surface area contributed by atoms with Gasteiger partial charge in [0.1, 0.15) is 18.2 Å². The number of esters is 1. The van der Waals surface area contributed by atoms with Gasteiger partial charge in [-0.25, -0.2) is 13.8 Å². The molecular weight excluding hydrogens is 593 g/mol. The Morgan fingerprint density at radius 2 is 1.71 bits per heavy atom. The molecule has 6 nitrogen and oxygen atoms in total. The van der Waals surface area contributed by atoms with Crippen molar-refractivity contribution >= 4 is 11.8 Å². The van der Waals surface area contributed by atoms with Crippen LogP contribution >= 0.6 is 0 Å². The van der Waals surface area contributed by atoms with E-state index in [0.717, 1.165) is 22.8 Å². The summed E-state index contributed by atoms with van der Waals surface area (Å²) >= 11 is 0. The van der Waals surface area contributed by atoms with Crippen LogP contribution in [0, 0.1) is 24.5 Å². The van der Waals surface area contributed by atoms with Crippen LogP contribution in [0.15, 0.2) is 48.5 Å². The number of halogens is 5. The minimum absolute atomic E-state index is 0.0345. The normalized spacial score (nSPS) is 17.0. The highest BCUT2D eigenvalue weighted by molar-refractivity contribution is 5.73. The Balaban J connectivity index is 1.27. The summed E-state index contributed by atoms with van der Waals surface area (Å²) in [6, 6.07) is 13.1. The number of hydrogen-bond donors (Lipinski definition) is 0. The average Bonchev–Trinajstić information content (AvgIpc) is 3.01. The highest BCUT2D eigenvalue weighted by Crippen LogP contribution is 2.36. The molecule has 1 aromatic heterocycles. The van der Waals surface area contributed by atoms with Crippen molar-refractivity contribution in [2.75, 3.05) is 44.2 Å². The van der Waals surface area contributed by atoms with Crippen LogP contribution in [0.4, 0.5) is 27.8 Å². The summed E-state index contributed by atoms with van der Waals surface area (Å²) < 4.78 is 79.0. The number of rotatable bonds is 9. The van der Waals surface area contributed by atoms with Gasteiger partial charge in [0, 0.05) is 24.7 Å². The smallest absolute Gasteiger partial charge is 0.401 e. The first-order valence-electron chi connectivity index (χ1n) is 15.4. The predicted octanol–water partition coefficient (Wildman–Crippen LogP) is 7.44. The molecule has 3 heterocycles. The zero-order chi connectivity index (χ0) is 32.1. The lowest BCUT2D eigenvalue weighted by atomic mass is 9.88. The van der Waals surface area contributed by atoms with Crippen LogP contribution in [0.5, 0.6) is 5.75 Å². The Labute approximate surface area is 260 Å². The number of pyridine rings is 1. The fraction of sp³-hybridized carbons (Fsp3) is 0.471. The summed E-state index contributed by atoms with van der Waals surface area (Å²) in [5.41, 5.74) is 3.34. The number of nitrogens with zero attached hydrogens (tertiary/aromatic N) is 3. The van der Waals surface area contributed by atoms with Gasteiger partial charge in [-0.15, -0.1) is 0 Å². The quantitative estimate of drug-likeness (QED) is 0.181. The van der Waals surface area contributed by atoms with E-state index in [0.29, 0.717) is 70.0 Å². The topological polar surface area (TPSA) is 54.9 Å². The molecule has 2 saturated heterocycles. The Morgan fingerprint density at radius 3 is 2.38 bits per heavy atom. The molecule has 0 N–H and O–H groups in total. The van der Waals surface area contributed by atoms with Gasteiger partial charge in [-0.2, -0.15) is 13.2 Å². The Hall–Kier alpha value is -3.73. The minimum Gasteiger partial charge on any atom is -0.485 e. The molecule has 0 amide bonds. The molecule has 0 bridgehead atoms. The summed E-state index contributed by atoms with van der Waals surface area (Å²) in [7, 11) is 0. The van der Waals surface area contributed by atoms with Crippen molar-refractivity contribution in [2.45, 2.75) is 58.2 Å². The first-order valence-corrected chi connectivity index (χ1v) is 15.4. The summed E-state index contributed by atoms with van der Waals surface area (Å²) in [4.78, 5) is 20.3. The van der Waals surface area contributed by atoms with E-state index in [1.807, 2.05) is 36.1 Å². The SMILES string of the molecule is CCOC(=O)C1CCN(c2cccc(-c3cc(F)cc(F)c3OCc3ccc(C4CCN(CC(F)(F)F)CC4)cc3C)n2)CC1. The predicted molar refractivity (Wildman–Crippen MR) is 161 cm³/mol. The minimum atomic E-state index is -4.20. The maximum absolute atomic E-state index is 15.2. The molecule has 2 aliphatic rings. The molecule has 0 spiro atoms. The lowest BCUT2D eigenvalue weighted by Crippen LogP contribution is -2.39. The van der Waals surface area contributed by atoms with Crippen molar-refractivity contribution < 1.29 is 36.2 Å². The first kappa shape index (κ1) is 32.7. The molecule has 11 heteroatoms. The second-order valence-electron chi connectivity index (χ2n) is 11.8. The number of alkyl halides is 3. The Kier molecular flexibility index (Phi) is 10.3. The Morgan fingerprint density at radius 1 is 0.978 bits per heavy atom. The van der Waals surface area contributed by atoms with E-state index < -0.39 is 24.4 Å². The molecule has 242 valence electrons. The van der Waals surface area contributed by atoms with Crippen LogP contribution in [-0.4, -0.2) is 61.4 Å². The molecule has 2 fully saturated rings. The van der Waals surface area contributed by atoms with Gasteiger partial charge in [0.2, 0.25) is 0 Å². The summed E-state index contributed by atoms with van der Waals surface area (Å²) in [6.45, 7) is 5.18. The van der Waals surface area contributed by atoms with Crippen molar-refractivity contribution in [3.63, 3.8) is 0 Å². The maximum Gasteiger partial charge on any atom is 0.401 e. The third-order valence-corrected chi connectivity index (χ3v) is 8.66. The van der Waals surface area contributed by atoms with Crippen LogP contribution in [0.3, 0.4) is 0 Å². The summed E-state index contributed by atoms with van der Waals surface area (Å²) in [5.74, 6) is -1.24. The van der Waals surface area contributed by atoms with Crippen molar-refractivity contribution in [3.8, 4) is 17.0 Å². The van der Waals surface area contributed by atoms with Gasteiger partial charge in [0.25, 0.3) is 0 Å². The highest BCUT2D eigenvalue weighted by atomic mass is 19.4. The van der Waals surface area contributed by atoms with Gasteiger partial charge in [0.05, 0.1) is 24.8 Å². The number of aromatic nitrogens is 1. The number of ether oxygens (including phenoxy) is 2. The van der Waals surface area contributed by atoms with Crippen molar-refractivity contribution in [2.24, 2.45) is 5.92 Å². The molecule has 45 heavy (non-hydrogen) atoms. The zero-order valence-corrected chi connectivity index (χ0v) is 25.5. The third-order valence-electron chi connectivity index (χ3n) is 8.66. The zero-order valence-electron chi connectivity index (χ0n) is 25.5. The number of carbonyl (C=O) groups excluding carboxylic acids is 1. The lowest BCUT2D eigenvalue weighted by molar-refractivity contribution is -0.149. The van der Waals surface area contributed by atoms with E-state index >= 15 is 4.39 Å². The molecule has 5 rings (SSSR count). The summed E-state index contributed by atoms with van der Waals surface area (Å²) in [5, 5.41) is 0. The van der Waals surface area contributed by atoms with E-state index in [1.165, 1.54) is 11.0 Å². The number of likely N-dealkylation sites (tertiary alicyclic amines) is 1. The average molecular weight is 632 g/mol. The molecule has 0 saturated carbocycles. The fourth-order valence-corrected chi connectivity index (χ4v) is 6.21. The van der Waals surface area contributed by atoms with E-state index in [-0.39, 0.29) is 35.7 Å². The van der Waals surface area contributed by atoms with Crippen LogP contribution in [0.2, 0.25) is 0 Å². The molecule has 0 aliphatic carbocycles. The second-order valence-corrected chi connectivity index (χ2v) is 11.8. The monoisotopic (exact) mass is 631 g/mol. The first-order chi connectivity index (χ1) is 21.5. The number of carbonyl (C=O) groups is 1. The molecule has 2 aliphatic heterocycles. The number of benzene rings is 2. The third kappa shape index (κ3) is 8.31. The standard InChI is InChI=1S/C34H38F5N3O3/c1-3-44-33(43)24-11-15-42(16-12-24)31-6-4-5-30(40-31)28-18-27(35)19-29(36)32(28)45-20-26-8-7-25(17-22(26)2)23-9-13-41(14-10-23)21-34(37,38)39/h4-8,17-19,23-24H,3,9-16,20-21H2,1-2H3. The summed E-state index contributed by atoms with van der Waals surface area (Å²) in [6.07, 6.45) is -1.65. The lowest BCUT2D eigenvalue weighted by Gasteiger charge is -2.32. The second kappa shape index (κ2) is 14.1. The van der Waals surface area contributed by atoms with Crippen molar-refractivity contribution in [1.29, 1.82) is 0 Å². The van der Waals surface area contributed by atoms with E-state index in [4.69, 9.17) is 14.5 Å². The molecule has 2 aromatic carbocycles. The van der Waals surface area contributed by atoms with Crippen molar-refractivity contribution in [3.05, 3.63) is 76.9 Å². The highest BCUT2D eigenvalue weighted by Gasteiger charge is 2.33. The van der Waals surface area contributed by atoms with Gasteiger partial charge < -0.3 is 14.4 Å². The van der Waals surface area contributed by atoms with Gasteiger partial charge in [0.15, 0.2) is 11.6 Å². The van der Waals surface area contributed by atoms with E-state index in [2.05, 4.69) is 0 Å². The molecule has 0 atom stereocenters. The van der Waals surface area contributed by atoms with E-state index in [9.17, 15) is 22.4 Å². The maximum atomic E-state index is 15.2. The number of anilines is 1. The van der Waals surface area contributed by atoms with Crippen LogP contribution < -0.4 is 9.64 Å². The van der Waals surface area contributed by atoms with Crippen LogP contribution in [0.25, 0.3) is 11.3 Å². The van der Waals surface area contributed by atoms with Gasteiger partial charge in [-0.05, 0) is 93.4 Å². The molecule has 0 unspecified atom stereocenters. The Bertz CT molecular complexity index is 1480. The number of aryl methyl sites for hydroxylation is 1. The van der Waals surface area contributed by atoms with Crippen molar-refractivity contribution in [1.82, 2.24) is 9.88 Å². The van der Waals surface area contributed by atoms with E-state index in [1.54, 1.807) is 19.1 Å². The van der Waals surface area contributed by atoms with Crippen LogP contribution in [0.1, 0.15) is 55.2 Å². The molecule has 0 radical (unpaired) electrons. The van der Waals surface area contributed by atoms with Gasteiger partial charge >= 0.3 is 12.1 Å². The van der Waals surface area contributed by atoms with Gasteiger partial charge in [-0.1, -0.05) is 24.3 Å². The fourth-order valence-electron chi connectivity index (χ4n) is 6.21. The largest absolute Gasteiger partial charge is 0.485 e. The molecule has 3 aromatic rings.